The lowest BCUT2D eigenvalue weighted by Gasteiger charge is -2.52. The molecule has 1 heterocycles. The van der Waals surface area contributed by atoms with Crippen LogP contribution < -0.4 is 4.90 Å². The van der Waals surface area contributed by atoms with Gasteiger partial charge in [0.2, 0.25) is 0 Å². The van der Waals surface area contributed by atoms with Crippen LogP contribution in [0.5, 0.6) is 0 Å². The molecule has 1 aliphatic rings. The van der Waals surface area contributed by atoms with Crippen molar-refractivity contribution < 1.29 is 10.0 Å². The lowest BCUT2D eigenvalue weighted by atomic mass is 9.66. The van der Waals surface area contributed by atoms with Gasteiger partial charge in [0.15, 0.2) is 0 Å². The van der Waals surface area contributed by atoms with Crippen LogP contribution in [0.25, 0.3) is 0 Å². The van der Waals surface area contributed by atoms with Crippen molar-refractivity contribution in [1.29, 1.82) is 0 Å². The van der Waals surface area contributed by atoms with E-state index in [1.807, 2.05) is 6.92 Å². The van der Waals surface area contributed by atoms with Crippen molar-refractivity contribution in [3.8, 4) is 0 Å². The number of piperidine rings is 1. The van der Waals surface area contributed by atoms with Gasteiger partial charge >= 0.3 is 0 Å². The van der Waals surface area contributed by atoms with Gasteiger partial charge in [0.25, 0.3) is 0 Å². The lowest BCUT2D eigenvalue weighted by Crippen LogP contribution is -3.13. The SMILES string of the molecule is C[C@@H]1[C@@H](c2ccccc2)[NH+](C)[C@H](c2ccccc2)[C@H](C)C1(C)O. The van der Waals surface area contributed by atoms with Crippen molar-refractivity contribution in [2.24, 2.45) is 11.8 Å². The van der Waals surface area contributed by atoms with E-state index < -0.39 is 5.60 Å². The molecular formula is C21H28NO+. The first-order valence-corrected chi connectivity index (χ1v) is 8.60. The third-order valence-corrected chi connectivity index (χ3v) is 6.14. The van der Waals surface area contributed by atoms with Crippen LogP contribution in [0.4, 0.5) is 0 Å². The zero-order valence-corrected chi connectivity index (χ0v) is 14.5. The summed E-state index contributed by atoms with van der Waals surface area (Å²) < 4.78 is 0. The molecule has 0 amide bonds. The van der Waals surface area contributed by atoms with Crippen LogP contribution >= 0.6 is 0 Å². The molecule has 2 heteroatoms. The second-order valence-corrected chi connectivity index (χ2v) is 7.32. The number of rotatable bonds is 2. The molecule has 0 spiro atoms. The van der Waals surface area contributed by atoms with E-state index in [2.05, 4.69) is 81.6 Å². The first-order chi connectivity index (χ1) is 10.9. The summed E-state index contributed by atoms with van der Waals surface area (Å²) in [6.07, 6.45) is 0. The van der Waals surface area contributed by atoms with Crippen LogP contribution in [-0.2, 0) is 0 Å². The molecule has 2 nitrogen and oxygen atoms in total. The second-order valence-electron chi connectivity index (χ2n) is 7.32. The Labute approximate surface area is 139 Å². The third kappa shape index (κ3) is 2.71. The average Bonchev–Trinajstić information content (AvgIpc) is 2.56. The van der Waals surface area contributed by atoms with Crippen molar-refractivity contribution in [1.82, 2.24) is 0 Å². The van der Waals surface area contributed by atoms with Crippen molar-refractivity contribution in [2.75, 3.05) is 7.05 Å². The number of nitrogens with one attached hydrogen (secondary N) is 1. The minimum atomic E-state index is -0.694. The Balaban J connectivity index is 2.07. The maximum atomic E-state index is 11.3. The van der Waals surface area contributed by atoms with E-state index in [1.54, 1.807) is 0 Å². The number of hydrogen-bond donors (Lipinski definition) is 2. The van der Waals surface area contributed by atoms with Gasteiger partial charge in [0.05, 0.1) is 12.6 Å². The standard InChI is InChI=1S/C21H27NO/c1-15-19(17-11-7-5-8-12-17)22(4)20(16(2)21(15,3)23)18-13-9-6-10-14-18/h5-16,19-20,23H,1-4H3/p+1/t15-,16+,19-,20-,21?/m0/s1. The predicted molar refractivity (Wildman–Crippen MR) is 94.2 cm³/mol. The van der Waals surface area contributed by atoms with Crippen molar-refractivity contribution in [3.05, 3.63) is 71.8 Å². The Hall–Kier alpha value is -1.64. The first-order valence-electron chi connectivity index (χ1n) is 8.60. The fourth-order valence-corrected chi connectivity index (χ4v) is 4.50. The molecule has 1 aliphatic heterocycles. The van der Waals surface area contributed by atoms with Crippen LogP contribution in [0.15, 0.2) is 60.7 Å². The highest BCUT2D eigenvalue weighted by atomic mass is 16.3. The molecule has 0 aliphatic carbocycles. The van der Waals surface area contributed by atoms with Gasteiger partial charge in [-0.05, 0) is 6.92 Å². The molecule has 122 valence electrons. The molecule has 0 aromatic heterocycles. The molecular weight excluding hydrogens is 282 g/mol. The molecule has 0 bridgehead atoms. The highest BCUT2D eigenvalue weighted by molar-refractivity contribution is 5.23. The molecule has 23 heavy (non-hydrogen) atoms. The van der Waals surface area contributed by atoms with Crippen LogP contribution in [-0.4, -0.2) is 17.8 Å². The van der Waals surface area contributed by atoms with E-state index in [0.717, 1.165) is 0 Å². The summed E-state index contributed by atoms with van der Waals surface area (Å²) in [6.45, 7) is 6.40. The summed E-state index contributed by atoms with van der Waals surface area (Å²) >= 11 is 0. The van der Waals surface area contributed by atoms with Crippen molar-refractivity contribution in [3.63, 3.8) is 0 Å². The van der Waals surface area contributed by atoms with Crippen LogP contribution in [0.1, 0.15) is 44.0 Å². The van der Waals surface area contributed by atoms with Gasteiger partial charge in [0, 0.05) is 23.0 Å². The zero-order valence-electron chi connectivity index (χ0n) is 14.5. The highest BCUT2D eigenvalue weighted by Crippen LogP contribution is 2.43. The average molecular weight is 310 g/mol. The summed E-state index contributed by atoms with van der Waals surface area (Å²) in [6, 6.07) is 21.8. The summed E-state index contributed by atoms with van der Waals surface area (Å²) in [5.41, 5.74) is 1.93. The molecule has 1 fully saturated rings. The maximum Gasteiger partial charge on any atom is 0.119 e. The topological polar surface area (TPSA) is 24.7 Å². The molecule has 0 radical (unpaired) electrons. The molecule has 3 rings (SSSR count). The summed E-state index contributed by atoms with van der Waals surface area (Å²) in [7, 11) is 2.28. The van der Waals surface area contributed by atoms with Crippen molar-refractivity contribution >= 4 is 0 Å². The van der Waals surface area contributed by atoms with E-state index in [0.29, 0.717) is 0 Å². The molecule has 1 saturated heterocycles. The Bertz CT molecular complexity index is 582. The van der Waals surface area contributed by atoms with Crippen LogP contribution in [0.2, 0.25) is 0 Å². The molecule has 6 atom stereocenters. The molecule has 2 aromatic rings. The van der Waals surface area contributed by atoms with Gasteiger partial charge in [-0.3, -0.25) is 0 Å². The summed E-state index contributed by atoms with van der Waals surface area (Å²) in [5.74, 6) is 0.389. The van der Waals surface area contributed by atoms with Gasteiger partial charge in [-0.25, -0.2) is 0 Å². The zero-order chi connectivity index (χ0) is 16.6. The first kappa shape index (κ1) is 16.2. The monoisotopic (exact) mass is 310 g/mol. The fraction of sp³-hybridized carbons (Fsp3) is 0.429. The molecule has 2 aromatic carbocycles. The minimum absolute atomic E-state index is 0.194. The predicted octanol–water partition coefficient (Wildman–Crippen LogP) is 3.02. The quantitative estimate of drug-likeness (QED) is 0.875. The van der Waals surface area contributed by atoms with Crippen LogP contribution in [0, 0.1) is 11.8 Å². The highest BCUT2D eigenvalue weighted by Gasteiger charge is 2.54. The van der Waals surface area contributed by atoms with Gasteiger partial charge < -0.3 is 10.0 Å². The van der Waals surface area contributed by atoms with E-state index in [-0.39, 0.29) is 23.9 Å². The van der Waals surface area contributed by atoms with Gasteiger partial charge in [-0.1, -0.05) is 74.5 Å². The fourth-order valence-electron chi connectivity index (χ4n) is 4.50. The Kier molecular flexibility index (Phi) is 4.31. The second kappa shape index (κ2) is 6.10. The summed E-state index contributed by atoms with van der Waals surface area (Å²) in [4.78, 5) is 1.47. The minimum Gasteiger partial charge on any atom is -0.389 e. The largest absolute Gasteiger partial charge is 0.389 e. The van der Waals surface area contributed by atoms with E-state index in [9.17, 15) is 5.11 Å². The number of aliphatic hydroxyl groups is 1. The normalized spacial score (nSPS) is 37.5. The molecule has 0 saturated carbocycles. The smallest absolute Gasteiger partial charge is 0.119 e. The van der Waals surface area contributed by atoms with Gasteiger partial charge in [0.1, 0.15) is 12.1 Å². The maximum absolute atomic E-state index is 11.3. The number of likely N-dealkylation sites (tertiary alicyclic amines) is 1. The van der Waals surface area contributed by atoms with Gasteiger partial charge in [-0.15, -0.1) is 0 Å². The van der Waals surface area contributed by atoms with E-state index in [4.69, 9.17) is 0 Å². The molecule has 2 N–H and O–H groups in total. The van der Waals surface area contributed by atoms with Crippen molar-refractivity contribution in [2.45, 2.75) is 38.5 Å². The van der Waals surface area contributed by atoms with Gasteiger partial charge in [-0.2, -0.15) is 0 Å². The lowest BCUT2D eigenvalue weighted by molar-refractivity contribution is -0.961. The number of hydrogen-bond acceptors (Lipinski definition) is 1. The number of benzene rings is 2. The Morgan fingerprint density at radius 2 is 1.13 bits per heavy atom. The number of quaternary nitrogens is 1. The molecule has 2 unspecified atom stereocenters. The van der Waals surface area contributed by atoms with E-state index in [1.165, 1.54) is 16.0 Å². The summed E-state index contributed by atoms with van der Waals surface area (Å²) in [5, 5.41) is 11.3. The van der Waals surface area contributed by atoms with Crippen LogP contribution in [0.3, 0.4) is 0 Å². The Morgan fingerprint density at radius 1 is 0.783 bits per heavy atom. The Morgan fingerprint density at radius 3 is 1.48 bits per heavy atom. The van der Waals surface area contributed by atoms with E-state index >= 15 is 0 Å². The third-order valence-electron chi connectivity index (χ3n) is 6.14.